The topological polar surface area (TPSA) is 47.6 Å². The van der Waals surface area contributed by atoms with E-state index in [0.29, 0.717) is 10.6 Å². The lowest BCUT2D eigenvalue weighted by atomic mass is 10.2. The molecule has 2 aromatic carbocycles. The van der Waals surface area contributed by atoms with Crippen molar-refractivity contribution in [3.05, 3.63) is 75.7 Å². The highest BCUT2D eigenvalue weighted by molar-refractivity contribution is 7.12. The van der Waals surface area contributed by atoms with Crippen LogP contribution in [0.2, 0.25) is 0 Å². The molecule has 3 rings (SSSR count). The molecule has 0 fully saturated rings. The first-order valence-corrected chi connectivity index (χ1v) is 9.11. The molecule has 0 radical (unpaired) electrons. The Bertz CT molecular complexity index is 958. The lowest BCUT2D eigenvalue weighted by molar-refractivity contribution is -0.0494. The van der Waals surface area contributed by atoms with E-state index in [2.05, 4.69) is 10.1 Å². The molecule has 0 saturated carbocycles. The molecule has 1 aromatic heterocycles. The monoisotopic (exact) mass is 407 g/mol. The number of benzene rings is 2. The summed E-state index contributed by atoms with van der Waals surface area (Å²) < 4.78 is 48.1. The van der Waals surface area contributed by atoms with Crippen LogP contribution in [-0.2, 0) is 6.61 Å². The summed E-state index contributed by atoms with van der Waals surface area (Å²) in [5.74, 6) is -0.388. The van der Waals surface area contributed by atoms with Gasteiger partial charge in [-0.3, -0.25) is 4.79 Å². The molecule has 4 nitrogen and oxygen atoms in total. The maximum absolute atomic E-state index is 12.9. The average Bonchev–Trinajstić information content (AvgIpc) is 3.12. The molecule has 1 heterocycles. The van der Waals surface area contributed by atoms with E-state index in [4.69, 9.17) is 4.74 Å². The fourth-order valence-electron chi connectivity index (χ4n) is 2.38. The number of aryl methyl sites for hydroxylation is 1. The highest BCUT2D eigenvalue weighted by Crippen LogP contribution is 2.28. The molecule has 1 N–H and O–H groups in total. The molecule has 28 heavy (non-hydrogen) atoms. The van der Waals surface area contributed by atoms with E-state index in [0.717, 1.165) is 11.1 Å². The predicted octanol–water partition coefficient (Wildman–Crippen LogP) is 5.63. The smallest absolute Gasteiger partial charge is 0.387 e. The Labute approximate surface area is 163 Å². The van der Waals surface area contributed by atoms with Crippen LogP contribution in [0.15, 0.2) is 53.9 Å². The quantitative estimate of drug-likeness (QED) is 0.552. The van der Waals surface area contributed by atoms with Gasteiger partial charge >= 0.3 is 6.61 Å². The zero-order chi connectivity index (χ0) is 20.1. The SMILES string of the molecule is Cc1ccc(NC(=O)c2cc(COc3ccc(F)cc3)cs2)c(OC(F)F)c1. The lowest BCUT2D eigenvalue weighted by Crippen LogP contribution is -2.13. The van der Waals surface area contributed by atoms with Crippen molar-refractivity contribution in [1.29, 1.82) is 0 Å². The van der Waals surface area contributed by atoms with E-state index in [1.165, 1.54) is 47.7 Å². The number of anilines is 1. The van der Waals surface area contributed by atoms with Gasteiger partial charge in [-0.15, -0.1) is 11.3 Å². The van der Waals surface area contributed by atoms with E-state index in [9.17, 15) is 18.0 Å². The first kappa shape index (κ1) is 19.8. The predicted molar refractivity (Wildman–Crippen MR) is 101 cm³/mol. The average molecular weight is 407 g/mol. The minimum atomic E-state index is -2.99. The number of rotatable bonds is 7. The van der Waals surface area contributed by atoms with Gasteiger partial charge in [-0.05, 0) is 60.3 Å². The van der Waals surface area contributed by atoms with Crippen LogP contribution in [-0.4, -0.2) is 12.5 Å². The summed E-state index contributed by atoms with van der Waals surface area (Å²) >= 11 is 1.20. The van der Waals surface area contributed by atoms with Gasteiger partial charge in [0.25, 0.3) is 5.91 Å². The van der Waals surface area contributed by atoms with Crippen LogP contribution in [0.1, 0.15) is 20.8 Å². The summed E-state index contributed by atoms with van der Waals surface area (Å²) in [5, 5.41) is 4.34. The maximum atomic E-state index is 12.9. The van der Waals surface area contributed by atoms with Gasteiger partial charge < -0.3 is 14.8 Å². The van der Waals surface area contributed by atoms with Crippen LogP contribution in [0, 0.1) is 12.7 Å². The fourth-order valence-corrected chi connectivity index (χ4v) is 3.17. The zero-order valence-corrected chi connectivity index (χ0v) is 15.6. The van der Waals surface area contributed by atoms with E-state index >= 15 is 0 Å². The second kappa shape index (κ2) is 8.79. The van der Waals surface area contributed by atoms with Gasteiger partial charge in [-0.25, -0.2) is 4.39 Å². The first-order valence-electron chi connectivity index (χ1n) is 8.23. The number of nitrogens with one attached hydrogen (secondary N) is 1. The molecule has 146 valence electrons. The largest absolute Gasteiger partial charge is 0.489 e. The Morgan fingerprint density at radius 1 is 1.14 bits per heavy atom. The van der Waals surface area contributed by atoms with Crippen LogP contribution in [0.3, 0.4) is 0 Å². The van der Waals surface area contributed by atoms with Gasteiger partial charge in [0.05, 0.1) is 10.6 Å². The van der Waals surface area contributed by atoms with Crippen LogP contribution < -0.4 is 14.8 Å². The van der Waals surface area contributed by atoms with Crippen molar-refractivity contribution >= 4 is 22.9 Å². The molecular weight excluding hydrogens is 391 g/mol. The van der Waals surface area contributed by atoms with Crippen molar-refractivity contribution < 1.29 is 27.4 Å². The molecule has 0 aliphatic carbocycles. The van der Waals surface area contributed by atoms with Crippen LogP contribution >= 0.6 is 11.3 Å². The summed E-state index contributed by atoms with van der Waals surface area (Å²) in [6.45, 7) is -1.05. The van der Waals surface area contributed by atoms with E-state index in [1.54, 1.807) is 24.4 Å². The third-order valence-corrected chi connectivity index (χ3v) is 4.68. The maximum Gasteiger partial charge on any atom is 0.387 e. The summed E-state index contributed by atoms with van der Waals surface area (Å²) in [7, 11) is 0. The Morgan fingerprint density at radius 3 is 2.61 bits per heavy atom. The Hall–Kier alpha value is -3.00. The third-order valence-electron chi connectivity index (χ3n) is 3.70. The third kappa shape index (κ3) is 5.26. The van der Waals surface area contributed by atoms with Crippen LogP contribution in [0.4, 0.5) is 18.9 Å². The summed E-state index contributed by atoms with van der Waals surface area (Å²) in [6, 6.07) is 11.9. The highest BCUT2D eigenvalue weighted by Gasteiger charge is 2.15. The van der Waals surface area contributed by atoms with Crippen LogP contribution in [0.25, 0.3) is 0 Å². The van der Waals surface area contributed by atoms with Gasteiger partial charge in [0.2, 0.25) is 0 Å². The van der Waals surface area contributed by atoms with Crippen molar-refractivity contribution in [2.45, 2.75) is 20.1 Å². The second-order valence-corrected chi connectivity index (χ2v) is 6.81. The highest BCUT2D eigenvalue weighted by atomic mass is 32.1. The Kier molecular flexibility index (Phi) is 6.20. The zero-order valence-electron chi connectivity index (χ0n) is 14.7. The van der Waals surface area contributed by atoms with Crippen molar-refractivity contribution in [2.75, 3.05) is 5.32 Å². The van der Waals surface area contributed by atoms with E-state index in [-0.39, 0.29) is 23.9 Å². The minimum Gasteiger partial charge on any atom is -0.489 e. The molecule has 0 atom stereocenters. The lowest BCUT2D eigenvalue weighted by Gasteiger charge is -2.12. The summed E-state index contributed by atoms with van der Waals surface area (Å²) in [4.78, 5) is 12.8. The number of hydrogen-bond acceptors (Lipinski definition) is 4. The Balaban J connectivity index is 1.65. The number of carbonyl (C=O) groups excluding carboxylic acids is 1. The van der Waals surface area contributed by atoms with Gasteiger partial charge in [-0.1, -0.05) is 6.07 Å². The molecular formula is C20H16F3NO3S. The molecule has 0 bridgehead atoms. The van der Waals surface area contributed by atoms with Crippen molar-refractivity contribution in [3.63, 3.8) is 0 Å². The number of halogens is 3. The summed E-state index contributed by atoms with van der Waals surface area (Å²) in [6.07, 6.45) is 0. The molecule has 3 aromatic rings. The number of hydrogen-bond donors (Lipinski definition) is 1. The second-order valence-electron chi connectivity index (χ2n) is 5.89. The van der Waals surface area contributed by atoms with E-state index < -0.39 is 12.5 Å². The number of carbonyl (C=O) groups is 1. The van der Waals surface area contributed by atoms with Gasteiger partial charge in [0.1, 0.15) is 23.9 Å². The Morgan fingerprint density at radius 2 is 1.89 bits per heavy atom. The number of alkyl halides is 2. The number of thiophene rings is 1. The molecule has 0 unspecified atom stereocenters. The molecule has 0 aliphatic rings. The van der Waals surface area contributed by atoms with Gasteiger partial charge in [0.15, 0.2) is 0 Å². The molecule has 1 amide bonds. The van der Waals surface area contributed by atoms with Gasteiger partial charge in [0, 0.05) is 5.56 Å². The molecule has 8 heteroatoms. The van der Waals surface area contributed by atoms with E-state index in [1.807, 2.05) is 0 Å². The summed E-state index contributed by atoms with van der Waals surface area (Å²) in [5.41, 5.74) is 1.64. The normalized spacial score (nSPS) is 10.8. The van der Waals surface area contributed by atoms with Crippen molar-refractivity contribution in [3.8, 4) is 11.5 Å². The molecule has 0 spiro atoms. The van der Waals surface area contributed by atoms with Crippen LogP contribution in [0.5, 0.6) is 11.5 Å². The number of amides is 1. The standard InChI is InChI=1S/C20H16F3NO3S/c1-12-2-7-16(17(8-12)27-20(22)23)24-19(25)18-9-13(11-28-18)10-26-15-5-3-14(21)4-6-15/h2-9,11,20H,10H2,1H3,(H,24,25). The number of ether oxygens (including phenoxy) is 2. The minimum absolute atomic E-state index is 0.0974. The van der Waals surface area contributed by atoms with Gasteiger partial charge in [-0.2, -0.15) is 8.78 Å². The molecule has 0 aliphatic heterocycles. The van der Waals surface area contributed by atoms with Crippen molar-refractivity contribution in [2.24, 2.45) is 0 Å². The molecule has 0 saturated heterocycles. The fraction of sp³-hybridized carbons (Fsp3) is 0.150. The first-order chi connectivity index (χ1) is 13.4. The van der Waals surface area contributed by atoms with Crippen molar-refractivity contribution in [1.82, 2.24) is 0 Å².